The predicted molar refractivity (Wildman–Crippen MR) is 76.5 cm³/mol. The fourth-order valence-electron chi connectivity index (χ4n) is 2.51. The van der Waals surface area contributed by atoms with E-state index in [0.29, 0.717) is 18.0 Å². The molecule has 1 aromatic carbocycles. The highest BCUT2D eigenvalue weighted by molar-refractivity contribution is 5.52. The Labute approximate surface area is 119 Å². The second-order valence-electron chi connectivity index (χ2n) is 5.19. The number of hydrogen-bond donors (Lipinski definition) is 2. The highest BCUT2D eigenvalue weighted by Crippen LogP contribution is 2.37. The van der Waals surface area contributed by atoms with Crippen LogP contribution in [-0.4, -0.2) is 38.6 Å². The van der Waals surface area contributed by atoms with Crippen molar-refractivity contribution in [3.63, 3.8) is 0 Å². The summed E-state index contributed by atoms with van der Waals surface area (Å²) >= 11 is 0. The van der Waals surface area contributed by atoms with Crippen LogP contribution < -0.4 is 14.8 Å². The third-order valence-corrected chi connectivity index (χ3v) is 4.01. The van der Waals surface area contributed by atoms with E-state index in [1.54, 1.807) is 7.11 Å². The summed E-state index contributed by atoms with van der Waals surface area (Å²) in [7, 11) is 4.83. The quantitative estimate of drug-likeness (QED) is 0.801. The topological polar surface area (TPSA) is 60.0 Å². The van der Waals surface area contributed by atoms with E-state index in [1.165, 1.54) is 20.6 Å². The van der Waals surface area contributed by atoms with Crippen molar-refractivity contribution in [1.82, 2.24) is 5.32 Å². The van der Waals surface area contributed by atoms with Crippen LogP contribution in [0.15, 0.2) is 12.1 Å². The molecule has 0 amide bonds. The van der Waals surface area contributed by atoms with Crippen LogP contribution in [0.25, 0.3) is 0 Å². The molecule has 20 heavy (non-hydrogen) atoms. The van der Waals surface area contributed by atoms with Crippen LogP contribution in [-0.2, 0) is 11.3 Å². The van der Waals surface area contributed by atoms with Gasteiger partial charge in [-0.3, -0.25) is 0 Å². The molecule has 1 saturated carbocycles. The number of benzene rings is 1. The van der Waals surface area contributed by atoms with E-state index < -0.39 is 0 Å². The largest absolute Gasteiger partial charge is 0.502 e. The van der Waals surface area contributed by atoms with Crippen molar-refractivity contribution in [3.05, 3.63) is 17.7 Å². The first-order chi connectivity index (χ1) is 9.64. The Morgan fingerprint density at radius 2 is 1.75 bits per heavy atom. The van der Waals surface area contributed by atoms with E-state index in [0.717, 1.165) is 24.9 Å². The predicted octanol–water partition coefficient (Wildman–Crippen LogP) is 2.07. The van der Waals surface area contributed by atoms with Gasteiger partial charge >= 0.3 is 0 Å². The molecule has 112 valence electrons. The molecule has 2 N–H and O–H groups in total. The summed E-state index contributed by atoms with van der Waals surface area (Å²) in [6, 6.07) is 3.62. The van der Waals surface area contributed by atoms with Gasteiger partial charge < -0.3 is 24.6 Å². The Morgan fingerprint density at radius 1 is 1.15 bits per heavy atom. The normalized spacial score (nSPS) is 16.6. The van der Waals surface area contributed by atoms with Crippen LogP contribution in [0.2, 0.25) is 0 Å². The Hall–Kier alpha value is -1.46. The van der Waals surface area contributed by atoms with Gasteiger partial charge in [-0.25, -0.2) is 0 Å². The fraction of sp³-hybridized carbons (Fsp3) is 0.600. The summed E-state index contributed by atoms with van der Waals surface area (Å²) in [5, 5.41) is 13.3. The number of rotatable bonds is 7. The maximum absolute atomic E-state index is 9.86. The number of ether oxygens (including phenoxy) is 3. The summed E-state index contributed by atoms with van der Waals surface area (Å²) in [5.41, 5.74) is 1.01. The number of phenols is 1. The first kappa shape index (κ1) is 14.9. The number of hydrogen-bond acceptors (Lipinski definition) is 5. The fourth-order valence-corrected chi connectivity index (χ4v) is 2.51. The van der Waals surface area contributed by atoms with Gasteiger partial charge in [0.25, 0.3) is 0 Å². The van der Waals surface area contributed by atoms with Gasteiger partial charge in [-0.2, -0.15) is 0 Å². The van der Waals surface area contributed by atoms with Crippen molar-refractivity contribution in [1.29, 1.82) is 0 Å². The van der Waals surface area contributed by atoms with Crippen molar-refractivity contribution in [2.75, 3.05) is 27.9 Å². The van der Waals surface area contributed by atoms with Gasteiger partial charge in [-0.15, -0.1) is 0 Å². The highest BCUT2D eigenvalue weighted by atomic mass is 16.5. The van der Waals surface area contributed by atoms with Gasteiger partial charge in [0.05, 0.1) is 19.8 Å². The average Bonchev–Trinajstić information content (AvgIpc) is 2.43. The maximum Gasteiger partial charge on any atom is 0.200 e. The molecule has 5 nitrogen and oxygen atoms in total. The van der Waals surface area contributed by atoms with Gasteiger partial charge in [0.15, 0.2) is 11.5 Å². The summed E-state index contributed by atoms with van der Waals surface area (Å²) in [6.45, 7) is 1.51. The van der Waals surface area contributed by atoms with Crippen LogP contribution in [0.1, 0.15) is 24.8 Å². The first-order valence-electron chi connectivity index (χ1n) is 6.84. The summed E-state index contributed by atoms with van der Waals surface area (Å²) in [5.74, 6) is 0.878. The van der Waals surface area contributed by atoms with Crippen molar-refractivity contribution in [3.8, 4) is 17.2 Å². The third-order valence-electron chi connectivity index (χ3n) is 4.01. The van der Waals surface area contributed by atoms with E-state index in [-0.39, 0.29) is 11.4 Å². The van der Waals surface area contributed by atoms with E-state index in [9.17, 15) is 5.11 Å². The van der Waals surface area contributed by atoms with Gasteiger partial charge in [-0.1, -0.05) is 0 Å². The van der Waals surface area contributed by atoms with E-state index in [4.69, 9.17) is 14.2 Å². The molecule has 0 spiro atoms. The smallest absolute Gasteiger partial charge is 0.200 e. The van der Waals surface area contributed by atoms with Crippen LogP contribution in [0.3, 0.4) is 0 Å². The van der Waals surface area contributed by atoms with Crippen molar-refractivity contribution in [2.45, 2.75) is 31.4 Å². The molecule has 1 aliphatic rings. The van der Waals surface area contributed by atoms with E-state index in [2.05, 4.69) is 5.32 Å². The number of aromatic hydroxyl groups is 1. The molecule has 2 rings (SSSR count). The lowest BCUT2D eigenvalue weighted by Gasteiger charge is -2.40. The molecule has 0 unspecified atom stereocenters. The van der Waals surface area contributed by atoms with Crippen LogP contribution in [0, 0.1) is 0 Å². The molecule has 5 heteroatoms. The van der Waals surface area contributed by atoms with Crippen molar-refractivity contribution >= 4 is 0 Å². The zero-order valence-electron chi connectivity index (χ0n) is 12.4. The minimum absolute atomic E-state index is 0.00505. The van der Waals surface area contributed by atoms with Gasteiger partial charge in [0.1, 0.15) is 0 Å². The second kappa shape index (κ2) is 6.33. The first-order valence-corrected chi connectivity index (χ1v) is 6.84. The molecule has 0 aromatic heterocycles. The molecule has 1 aromatic rings. The SMILES string of the molecule is COc1cc(CNCC2(OC)CCC2)cc(OC)c1O. The standard InChI is InChI=1S/C15H23NO4/c1-18-12-7-11(8-13(19-2)14(12)17)9-16-10-15(20-3)5-4-6-15/h7-8,16-17H,4-6,9-10H2,1-3H3. The third kappa shape index (κ3) is 2.99. The molecule has 0 heterocycles. The van der Waals surface area contributed by atoms with Crippen LogP contribution in [0.5, 0.6) is 17.2 Å². The lowest BCUT2D eigenvalue weighted by Crippen LogP contribution is -2.47. The maximum atomic E-state index is 9.86. The molecule has 1 fully saturated rings. The highest BCUT2D eigenvalue weighted by Gasteiger charge is 2.36. The summed E-state index contributed by atoms with van der Waals surface area (Å²) in [4.78, 5) is 0. The molecular weight excluding hydrogens is 258 g/mol. The average molecular weight is 281 g/mol. The summed E-state index contributed by atoms with van der Waals surface area (Å²) in [6.07, 6.45) is 3.45. The van der Waals surface area contributed by atoms with Crippen LogP contribution in [0.4, 0.5) is 0 Å². The zero-order valence-corrected chi connectivity index (χ0v) is 12.4. The van der Waals surface area contributed by atoms with Gasteiger partial charge in [0, 0.05) is 20.2 Å². The van der Waals surface area contributed by atoms with Gasteiger partial charge in [-0.05, 0) is 37.0 Å². The molecule has 0 bridgehead atoms. The number of methoxy groups -OCH3 is 3. The van der Waals surface area contributed by atoms with Gasteiger partial charge in [0.2, 0.25) is 5.75 Å². The van der Waals surface area contributed by atoms with Crippen molar-refractivity contribution < 1.29 is 19.3 Å². The minimum Gasteiger partial charge on any atom is -0.502 e. The lowest BCUT2D eigenvalue weighted by atomic mass is 9.80. The Morgan fingerprint density at radius 3 is 2.15 bits per heavy atom. The second-order valence-corrected chi connectivity index (χ2v) is 5.19. The monoisotopic (exact) mass is 281 g/mol. The molecule has 0 aliphatic heterocycles. The number of nitrogens with one attached hydrogen (secondary N) is 1. The molecule has 1 aliphatic carbocycles. The number of phenolic OH excluding ortho intramolecular Hbond substituents is 1. The molecule has 0 atom stereocenters. The Balaban J connectivity index is 1.98. The Bertz CT molecular complexity index is 427. The van der Waals surface area contributed by atoms with E-state index in [1.807, 2.05) is 12.1 Å². The van der Waals surface area contributed by atoms with Crippen LogP contribution >= 0.6 is 0 Å². The minimum atomic E-state index is 0.00505. The molecule has 0 saturated heterocycles. The Kier molecular flexibility index (Phi) is 4.73. The van der Waals surface area contributed by atoms with E-state index >= 15 is 0 Å². The zero-order chi connectivity index (χ0) is 14.6. The molecular formula is C15H23NO4. The lowest BCUT2D eigenvalue weighted by molar-refractivity contribution is -0.0695. The van der Waals surface area contributed by atoms with Crippen molar-refractivity contribution in [2.24, 2.45) is 0 Å². The molecule has 0 radical (unpaired) electrons. The summed E-state index contributed by atoms with van der Waals surface area (Å²) < 4.78 is 15.9.